The summed E-state index contributed by atoms with van der Waals surface area (Å²) in [4.78, 5) is 12.1. The molecule has 24 heavy (non-hydrogen) atoms. The number of halogens is 1. The van der Waals surface area contributed by atoms with Crippen molar-refractivity contribution in [2.45, 2.75) is 13.2 Å². The summed E-state index contributed by atoms with van der Waals surface area (Å²) in [5.41, 5.74) is 0.927. The lowest BCUT2D eigenvalue weighted by Gasteiger charge is -2.04. The largest absolute Gasteiger partial charge is 0.486 e. The maximum atomic E-state index is 12.1. The zero-order valence-corrected chi connectivity index (χ0v) is 14.6. The summed E-state index contributed by atoms with van der Waals surface area (Å²) in [7, 11) is 1.83. The normalized spacial score (nSPS) is 10.6. The van der Waals surface area contributed by atoms with E-state index in [0.29, 0.717) is 12.3 Å². The number of ether oxygens (including phenoxy) is 1. The van der Waals surface area contributed by atoms with Crippen LogP contribution in [-0.4, -0.2) is 15.7 Å². The van der Waals surface area contributed by atoms with Gasteiger partial charge in [0.25, 0.3) is 5.91 Å². The third-order valence-corrected chi connectivity index (χ3v) is 3.82. The van der Waals surface area contributed by atoms with Gasteiger partial charge in [-0.1, -0.05) is 15.9 Å². The number of carbonyl (C=O) groups is 1. The molecule has 0 saturated carbocycles. The Labute approximate surface area is 147 Å². The molecule has 0 bridgehead atoms. The van der Waals surface area contributed by atoms with Crippen molar-refractivity contribution in [1.29, 1.82) is 0 Å². The van der Waals surface area contributed by atoms with E-state index in [0.717, 1.165) is 15.8 Å². The van der Waals surface area contributed by atoms with Gasteiger partial charge in [0.1, 0.15) is 18.1 Å². The Kier molecular flexibility index (Phi) is 5.00. The number of benzene rings is 1. The van der Waals surface area contributed by atoms with Crippen LogP contribution in [0.1, 0.15) is 21.9 Å². The van der Waals surface area contributed by atoms with Crippen molar-refractivity contribution in [2.75, 3.05) is 0 Å². The van der Waals surface area contributed by atoms with Crippen molar-refractivity contribution in [3.63, 3.8) is 0 Å². The molecule has 0 fully saturated rings. The van der Waals surface area contributed by atoms with Crippen molar-refractivity contribution >= 4 is 21.8 Å². The molecule has 0 atom stereocenters. The van der Waals surface area contributed by atoms with E-state index >= 15 is 0 Å². The second-order valence-electron chi connectivity index (χ2n) is 5.21. The summed E-state index contributed by atoms with van der Waals surface area (Å²) in [5.74, 6) is 1.31. The Bertz CT molecular complexity index is 824. The van der Waals surface area contributed by atoms with Crippen molar-refractivity contribution in [1.82, 2.24) is 15.1 Å². The predicted octanol–water partition coefficient (Wildman–Crippen LogP) is 3.28. The van der Waals surface area contributed by atoms with Crippen molar-refractivity contribution in [3.8, 4) is 5.75 Å². The quantitative estimate of drug-likeness (QED) is 0.702. The van der Waals surface area contributed by atoms with E-state index in [2.05, 4.69) is 26.3 Å². The van der Waals surface area contributed by atoms with Gasteiger partial charge in [0.15, 0.2) is 5.76 Å². The zero-order chi connectivity index (χ0) is 16.9. The van der Waals surface area contributed by atoms with E-state index in [1.165, 1.54) is 0 Å². The van der Waals surface area contributed by atoms with Gasteiger partial charge in [0, 0.05) is 29.8 Å². The molecular formula is C17H16BrN3O3. The van der Waals surface area contributed by atoms with Gasteiger partial charge in [0.05, 0.1) is 6.20 Å². The summed E-state index contributed by atoms with van der Waals surface area (Å²) < 4.78 is 13.8. The van der Waals surface area contributed by atoms with Gasteiger partial charge in [-0.05, 0) is 36.4 Å². The number of rotatable bonds is 6. The lowest BCUT2D eigenvalue weighted by atomic mass is 10.3. The van der Waals surface area contributed by atoms with Crippen molar-refractivity contribution < 1.29 is 13.9 Å². The van der Waals surface area contributed by atoms with Crippen molar-refractivity contribution in [2.24, 2.45) is 7.05 Å². The van der Waals surface area contributed by atoms with Crippen LogP contribution >= 0.6 is 15.9 Å². The first-order valence-corrected chi connectivity index (χ1v) is 8.12. The van der Waals surface area contributed by atoms with Crippen LogP contribution in [-0.2, 0) is 20.2 Å². The van der Waals surface area contributed by atoms with Crippen LogP contribution in [0.25, 0.3) is 0 Å². The van der Waals surface area contributed by atoms with E-state index in [-0.39, 0.29) is 18.3 Å². The summed E-state index contributed by atoms with van der Waals surface area (Å²) in [6.45, 7) is 0.662. The van der Waals surface area contributed by atoms with Crippen LogP contribution in [0.2, 0.25) is 0 Å². The molecule has 124 valence electrons. The second kappa shape index (κ2) is 7.35. The Balaban J connectivity index is 1.52. The van der Waals surface area contributed by atoms with Crippen LogP contribution < -0.4 is 10.1 Å². The highest BCUT2D eigenvalue weighted by Gasteiger charge is 2.11. The highest BCUT2D eigenvalue weighted by molar-refractivity contribution is 9.10. The fourth-order valence-electron chi connectivity index (χ4n) is 2.10. The Morgan fingerprint density at radius 3 is 2.79 bits per heavy atom. The molecule has 2 aromatic heterocycles. The highest BCUT2D eigenvalue weighted by atomic mass is 79.9. The summed E-state index contributed by atoms with van der Waals surface area (Å²) in [5, 5.41) is 6.84. The zero-order valence-electron chi connectivity index (χ0n) is 13.0. The Morgan fingerprint density at radius 1 is 1.29 bits per heavy atom. The summed E-state index contributed by atoms with van der Waals surface area (Å²) >= 11 is 3.37. The summed E-state index contributed by atoms with van der Waals surface area (Å²) in [6.07, 6.45) is 3.56. The molecular weight excluding hydrogens is 374 g/mol. The number of nitrogens with one attached hydrogen (secondary N) is 1. The molecule has 0 aliphatic heterocycles. The maximum absolute atomic E-state index is 12.1. The van der Waals surface area contributed by atoms with Crippen LogP contribution in [0.3, 0.4) is 0 Å². The highest BCUT2D eigenvalue weighted by Crippen LogP contribution is 2.18. The molecule has 0 aliphatic carbocycles. The van der Waals surface area contributed by atoms with Gasteiger partial charge >= 0.3 is 0 Å². The Morgan fingerprint density at radius 2 is 2.08 bits per heavy atom. The number of furan rings is 1. The van der Waals surface area contributed by atoms with E-state index in [4.69, 9.17) is 9.15 Å². The molecule has 1 N–H and O–H groups in total. The molecule has 3 rings (SSSR count). The minimum Gasteiger partial charge on any atom is -0.486 e. The molecule has 7 heteroatoms. The first-order valence-electron chi connectivity index (χ1n) is 7.33. The molecule has 2 heterocycles. The first kappa shape index (κ1) is 16.3. The van der Waals surface area contributed by atoms with Crippen LogP contribution in [0.15, 0.2) is 57.7 Å². The predicted molar refractivity (Wildman–Crippen MR) is 91.6 cm³/mol. The number of hydrogen-bond acceptors (Lipinski definition) is 4. The lowest BCUT2D eigenvalue weighted by Crippen LogP contribution is -2.22. The van der Waals surface area contributed by atoms with Crippen LogP contribution in [0.5, 0.6) is 5.75 Å². The minimum absolute atomic E-state index is 0.258. The molecule has 1 amide bonds. The number of nitrogens with zero attached hydrogens (tertiary/aromatic N) is 2. The van der Waals surface area contributed by atoms with Crippen LogP contribution in [0.4, 0.5) is 0 Å². The fourth-order valence-corrected chi connectivity index (χ4v) is 2.36. The number of aryl methyl sites for hydroxylation is 1. The molecule has 0 aliphatic rings. The van der Waals surface area contributed by atoms with Gasteiger partial charge in [-0.25, -0.2) is 0 Å². The monoisotopic (exact) mass is 389 g/mol. The van der Waals surface area contributed by atoms with E-state index < -0.39 is 0 Å². The van der Waals surface area contributed by atoms with Crippen LogP contribution in [0, 0.1) is 0 Å². The number of amides is 1. The van der Waals surface area contributed by atoms with Gasteiger partial charge < -0.3 is 14.5 Å². The average molecular weight is 390 g/mol. The topological polar surface area (TPSA) is 69.3 Å². The third kappa shape index (κ3) is 4.26. The second-order valence-corrected chi connectivity index (χ2v) is 6.13. The average Bonchev–Trinajstić information content (AvgIpc) is 3.21. The molecule has 1 aromatic carbocycles. The van der Waals surface area contributed by atoms with Gasteiger partial charge in [-0.15, -0.1) is 0 Å². The summed E-state index contributed by atoms with van der Waals surface area (Å²) in [6, 6.07) is 10.9. The smallest absolute Gasteiger partial charge is 0.287 e. The molecule has 0 unspecified atom stereocenters. The number of aromatic nitrogens is 2. The Hall–Kier alpha value is -2.54. The standard InChI is InChI=1S/C17H16BrN3O3/c1-21-10-12(9-20-21)8-19-17(22)16-7-6-15(24-16)11-23-14-4-2-13(18)3-5-14/h2-7,9-10H,8,11H2,1H3,(H,19,22). The molecule has 0 saturated heterocycles. The van der Waals surface area contributed by atoms with E-state index in [1.54, 1.807) is 23.0 Å². The third-order valence-electron chi connectivity index (χ3n) is 3.29. The SMILES string of the molecule is Cn1cc(CNC(=O)c2ccc(COc3ccc(Br)cc3)o2)cn1. The van der Waals surface area contributed by atoms with E-state index in [1.807, 2.05) is 37.5 Å². The first-order chi connectivity index (χ1) is 11.6. The van der Waals surface area contributed by atoms with Gasteiger partial charge in [-0.3, -0.25) is 9.48 Å². The minimum atomic E-state index is -0.270. The maximum Gasteiger partial charge on any atom is 0.287 e. The molecule has 3 aromatic rings. The molecule has 0 radical (unpaired) electrons. The van der Waals surface area contributed by atoms with Gasteiger partial charge in [0.2, 0.25) is 0 Å². The fraction of sp³-hybridized carbons (Fsp3) is 0.176. The number of carbonyl (C=O) groups excluding carboxylic acids is 1. The molecule has 0 spiro atoms. The molecule has 6 nitrogen and oxygen atoms in total. The van der Waals surface area contributed by atoms with Gasteiger partial charge in [-0.2, -0.15) is 5.10 Å². The van der Waals surface area contributed by atoms with E-state index in [9.17, 15) is 4.79 Å². The number of hydrogen-bond donors (Lipinski definition) is 1. The van der Waals surface area contributed by atoms with Crippen molar-refractivity contribution in [3.05, 3.63) is 70.3 Å². The lowest BCUT2D eigenvalue weighted by molar-refractivity contribution is 0.0919.